The van der Waals surface area contributed by atoms with Gasteiger partial charge in [0.2, 0.25) is 5.91 Å². The molecule has 0 bridgehead atoms. The number of ketones is 1. The fourth-order valence-electron chi connectivity index (χ4n) is 2.11. The summed E-state index contributed by atoms with van der Waals surface area (Å²) in [4.78, 5) is 23.9. The summed E-state index contributed by atoms with van der Waals surface area (Å²) >= 11 is 0. The standard InChI is InChI=1S/C17H14N2O2/c18-10-4-7-12-8-9-14(11-15(12)17(19)21)16(20)13-5-2-1-3-6-13/h1-3,5-6,8-9,11H,4,7H2,(H2,19,21). The SMILES string of the molecule is N#CCCc1ccc(C(=O)c2ccccc2)cc1C(N)=O. The van der Waals surface area contributed by atoms with Crippen molar-refractivity contribution in [2.24, 2.45) is 5.73 Å². The van der Waals surface area contributed by atoms with Crippen LogP contribution in [0.3, 0.4) is 0 Å². The van der Waals surface area contributed by atoms with Crippen molar-refractivity contribution in [3.63, 3.8) is 0 Å². The van der Waals surface area contributed by atoms with Gasteiger partial charge in [-0.25, -0.2) is 0 Å². The minimum atomic E-state index is -0.592. The largest absolute Gasteiger partial charge is 0.366 e. The summed E-state index contributed by atoms with van der Waals surface area (Å²) in [6.07, 6.45) is 0.737. The van der Waals surface area contributed by atoms with E-state index in [2.05, 4.69) is 0 Å². The maximum atomic E-state index is 12.3. The lowest BCUT2D eigenvalue weighted by molar-refractivity contribution is 0.0999. The van der Waals surface area contributed by atoms with Crippen LogP contribution < -0.4 is 5.73 Å². The second kappa shape index (κ2) is 6.49. The van der Waals surface area contributed by atoms with E-state index in [1.54, 1.807) is 36.4 Å². The van der Waals surface area contributed by atoms with Gasteiger partial charge in [0.15, 0.2) is 5.78 Å². The minimum absolute atomic E-state index is 0.162. The number of amides is 1. The Morgan fingerprint density at radius 1 is 1.05 bits per heavy atom. The van der Waals surface area contributed by atoms with Crippen LogP contribution in [0.4, 0.5) is 0 Å². The summed E-state index contributed by atoms with van der Waals surface area (Å²) in [5, 5.41) is 8.63. The first kappa shape index (κ1) is 14.5. The van der Waals surface area contributed by atoms with Crippen molar-refractivity contribution in [1.82, 2.24) is 0 Å². The number of rotatable bonds is 5. The molecular weight excluding hydrogens is 264 g/mol. The molecule has 0 fully saturated rings. The normalized spacial score (nSPS) is 9.86. The molecule has 0 atom stereocenters. The summed E-state index contributed by atoms with van der Waals surface area (Å²) in [5.41, 5.74) is 7.31. The molecule has 0 aromatic heterocycles. The zero-order valence-corrected chi connectivity index (χ0v) is 11.4. The lowest BCUT2D eigenvalue weighted by Gasteiger charge is -2.08. The number of hydrogen-bond acceptors (Lipinski definition) is 3. The van der Waals surface area contributed by atoms with Gasteiger partial charge < -0.3 is 5.73 Å². The van der Waals surface area contributed by atoms with E-state index in [0.717, 1.165) is 0 Å². The molecule has 2 aromatic carbocycles. The Bertz CT molecular complexity index is 715. The molecule has 0 aliphatic rings. The fraction of sp³-hybridized carbons (Fsp3) is 0.118. The number of carbonyl (C=O) groups excluding carboxylic acids is 2. The fourth-order valence-corrected chi connectivity index (χ4v) is 2.11. The van der Waals surface area contributed by atoms with E-state index >= 15 is 0 Å². The average Bonchev–Trinajstić information content (AvgIpc) is 2.52. The first-order valence-electron chi connectivity index (χ1n) is 6.53. The highest BCUT2D eigenvalue weighted by molar-refractivity contribution is 6.10. The molecule has 104 valence electrons. The topological polar surface area (TPSA) is 83.9 Å². The zero-order chi connectivity index (χ0) is 15.2. The molecule has 2 N–H and O–H groups in total. The van der Waals surface area contributed by atoms with Crippen molar-refractivity contribution in [2.75, 3.05) is 0 Å². The van der Waals surface area contributed by atoms with Gasteiger partial charge in [-0.05, 0) is 18.1 Å². The number of hydrogen-bond donors (Lipinski definition) is 1. The van der Waals surface area contributed by atoms with Gasteiger partial charge in [-0.15, -0.1) is 0 Å². The van der Waals surface area contributed by atoms with Crippen LogP contribution in [0.5, 0.6) is 0 Å². The van der Waals surface area contributed by atoms with Crippen molar-refractivity contribution in [1.29, 1.82) is 5.26 Å². The molecule has 0 radical (unpaired) electrons. The highest BCUT2D eigenvalue weighted by Gasteiger charge is 2.14. The van der Waals surface area contributed by atoms with Crippen LogP contribution in [-0.4, -0.2) is 11.7 Å². The number of nitriles is 1. The van der Waals surface area contributed by atoms with Crippen LogP contribution >= 0.6 is 0 Å². The summed E-state index contributed by atoms with van der Waals surface area (Å²) in [7, 11) is 0. The predicted octanol–water partition coefficient (Wildman–Crippen LogP) is 2.47. The van der Waals surface area contributed by atoms with Gasteiger partial charge in [-0.1, -0.05) is 42.5 Å². The van der Waals surface area contributed by atoms with Crippen LogP contribution in [-0.2, 0) is 6.42 Å². The Morgan fingerprint density at radius 3 is 2.38 bits per heavy atom. The van der Waals surface area contributed by atoms with E-state index in [9.17, 15) is 9.59 Å². The Kier molecular flexibility index (Phi) is 4.47. The molecule has 2 rings (SSSR count). The van der Waals surface area contributed by atoms with Crippen LogP contribution in [0.1, 0.15) is 38.3 Å². The maximum Gasteiger partial charge on any atom is 0.249 e. The highest BCUT2D eigenvalue weighted by Crippen LogP contribution is 2.17. The predicted molar refractivity (Wildman–Crippen MR) is 78.8 cm³/mol. The summed E-state index contributed by atoms with van der Waals surface area (Å²) < 4.78 is 0. The smallest absolute Gasteiger partial charge is 0.249 e. The van der Waals surface area contributed by atoms with Crippen molar-refractivity contribution in [3.05, 3.63) is 70.8 Å². The van der Waals surface area contributed by atoms with Gasteiger partial charge >= 0.3 is 0 Å². The van der Waals surface area contributed by atoms with Gasteiger partial charge in [0.1, 0.15) is 0 Å². The van der Waals surface area contributed by atoms with E-state index < -0.39 is 5.91 Å². The molecule has 21 heavy (non-hydrogen) atoms. The maximum absolute atomic E-state index is 12.3. The van der Waals surface area contributed by atoms with Crippen LogP contribution in [0.2, 0.25) is 0 Å². The van der Waals surface area contributed by atoms with Crippen molar-refractivity contribution >= 4 is 11.7 Å². The van der Waals surface area contributed by atoms with E-state index in [0.29, 0.717) is 35.1 Å². The molecule has 4 heteroatoms. The summed E-state index contributed by atoms with van der Waals surface area (Å²) in [6.45, 7) is 0. The second-order valence-corrected chi connectivity index (χ2v) is 4.59. The molecule has 0 spiro atoms. The van der Waals surface area contributed by atoms with E-state index in [4.69, 9.17) is 11.0 Å². The lowest BCUT2D eigenvalue weighted by Crippen LogP contribution is -2.15. The van der Waals surface area contributed by atoms with Crippen molar-refractivity contribution in [3.8, 4) is 6.07 Å². The van der Waals surface area contributed by atoms with E-state index in [1.807, 2.05) is 12.1 Å². The zero-order valence-electron chi connectivity index (χ0n) is 11.4. The number of nitrogens with two attached hydrogens (primary N) is 1. The monoisotopic (exact) mass is 278 g/mol. The third kappa shape index (κ3) is 3.34. The lowest BCUT2D eigenvalue weighted by atomic mass is 9.96. The molecule has 0 aliphatic heterocycles. The van der Waals surface area contributed by atoms with Crippen LogP contribution in [0.25, 0.3) is 0 Å². The number of carbonyl (C=O) groups is 2. The van der Waals surface area contributed by atoms with Gasteiger partial charge in [0.25, 0.3) is 0 Å². The molecule has 0 saturated carbocycles. The Hall–Kier alpha value is -2.93. The minimum Gasteiger partial charge on any atom is -0.366 e. The van der Waals surface area contributed by atoms with Crippen molar-refractivity contribution < 1.29 is 9.59 Å². The number of primary amides is 1. The highest BCUT2D eigenvalue weighted by atomic mass is 16.1. The van der Waals surface area contributed by atoms with Gasteiger partial charge in [-0.2, -0.15) is 5.26 Å². The third-order valence-corrected chi connectivity index (χ3v) is 3.18. The first-order chi connectivity index (χ1) is 10.1. The van der Waals surface area contributed by atoms with Crippen LogP contribution in [0, 0.1) is 11.3 Å². The number of benzene rings is 2. The molecular formula is C17H14N2O2. The van der Waals surface area contributed by atoms with Crippen molar-refractivity contribution in [2.45, 2.75) is 12.8 Å². The van der Waals surface area contributed by atoms with Gasteiger partial charge in [-0.3, -0.25) is 9.59 Å². The Balaban J connectivity index is 2.38. The molecule has 0 aliphatic carbocycles. The number of nitrogens with zero attached hydrogens (tertiary/aromatic N) is 1. The number of aryl methyl sites for hydroxylation is 1. The molecule has 1 amide bonds. The Morgan fingerprint density at radius 2 is 1.76 bits per heavy atom. The van der Waals surface area contributed by atoms with Gasteiger partial charge in [0.05, 0.1) is 6.07 Å². The molecule has 0 unspecified atom stereocenters. The molecule has 4 nitrogen and oxygen atoms in total. The Labute approximate surface area is 122 Å². The summed E-state index contributed by atoms with van der Waals surface area (Å²) in [5.74, 6) is -0.754. The second-order valence-electron chi connectivity index (χ2n) is 4.59. The van der Waals surface area contributed by atoms with Gasteiger partial charge in [0, 0.05) is 23.1 Å². The van der Waals surface area contributed by atoms with Crippen LogP contribution in [0.15, 0.2) is 48.5 Å². The quantitative estimate of drug-likeness (QED) is 0.853. The summed E-state index contributed by atoms with van der Waals surface area (Å²) in [6, 6.07) is 15.7. The van der Waals surface area contributed by atoms with E-state index in [-0.39, 0.29) is 5.78 Å². The third-order valence-electron chi connectivity index (χ3n) is 3.18. The molecule has 0 saturated heterocycles. The molecule has 0 heterocycles. The first-order valence-corrected chi connectivity index (χ1v) is 6.53. The van der Waals surface area contributed by atoms with E-state index in [1.165, 1.54) is 6.07 Å². The average molecular weight is 278 g/mol. The molecule has 2 aromatic rings.